The number of piperidine rings is 1. The topological polar surface area (TPSA) is 44.4 Å². The van der Waals surface area contributed by atoms with Crippen LogP contribution in [0.4, 0.5) is 4.39 Å². The van der Waals surface area contributed by atoms with Crippen molar-refractivity contribution in [3.63, 3.8) is 0 Å². The van der Waals surface area contributed by atoms with Crippen LogP contribution in [0.1, 0.15) is 31.4 Å². The third-order valence-electron chi connectivity index (χ3n) is 4.34. The average Bonchev–Trinajstić information content (AvgIpc) is 2.48. The molecule has 0 saturated carbocycles. The minimum absolute atomic E-state index is 0.0451. The van der Waals surface area contributed by atoms with Gasteiger partial charge in [0.15, 0.2) is 0 Å². The highest BCUT2D eigenvalue weighted by Gasteiger charge is 2.25. The fourth-order valence-corrected chi connectivity index (χ4v) is 3.00. The lowest BCUT2D eigenvalue weighted by Gasteiger charge is -2.29. The smallest absolute Gasteiger partial charge is 0.223 e. The van der Waals surface area contributed by atoms with E-state index in [2.05, 4.69) is 17.6 Å². The van der Waals surface area contributed by atoms with Gasteiger partial charge in [-0.2, -0.15) is 0 Å². The van der Waals surface area contributed by atoms with E-state index in [-0.39, 0.29) is 23.7 Å². The zero-order valence-corrected chi connectivity index (χ0v) is 13.6. The van der Waals surface area contributed by atoms with Crippen LogP contribution in [0.2, 0.25) is 0 Å². The van der Waals surface area contributed by atoms with E-state index in [1.165, 1.54) is 12.1 Å². The first-order valence-corrected chi connectivity index (χ1v) is 7.90. The molecule has 1 amide bonds. The Labute approximate surface area is 132 Å². The lowest BCUT2D eigenvalue weighted by atomic mass is 9.92. The van der Waals surface area contributed by atoms with Crippen LogP contribution in [0.3, 0.4) is 0 Å². The van der Waals surface area contributed by atoms with Gasteiger partial charge in [0.2, 0.25) is 5.91 Å². The summed E-state index contributed by atoms with van der Waals surface area (Å²) in [5.41, 5.74) is 1.00. The molecule has 0 aliphatic carbocycles. The van der Waals surface area contributed by atoms with Gasteiger partial charge >= 0.3 is 0 Å². The highest BCUT2D eigenvalue weighted by atomic mass is 19.1. The number of nitrogens with zero attached hydrogens (tertiary/aromatic N) is 1. The molecule has 0 bridgehead atoms. The van der Waals surface area contributed by atoms with Gasteiger partial charge in [-0.05, 0) is 58.1 Å². The van der Waals surface area contributed by atoms with Crippen molar-refractivity contribution < 1.29 is 9.18 Å². The molecule has 1 aromatic rings. The molecule has 0 spiro atoms. The number of rotatable bonds is 5. The fraction of sp³-hybridized carbons (Fsp3) is 0.588. The number of carbonyl (C=O) groups is 1. The number of hydrogen-bond acceptors (Lipinski definition) is 3. The van der Waals surface area contributed by atoms with Crippen LogP contribution in [0, 0.1) is 11.7 Å². The van der Waals surface area contributed by atoms with Crippen molar-refractivity contribution in [1.82, 2.24) is 15.5 Å². The van der Waals surface area contributed by atoms with E-state index in [1.807, 2.05) is 19.0 Å². The first-order valence-electron chi connectivity index (χ1n) is 7.90. The van der Waals surface area contributed by atoms with Gasteiger partial charge < -0.3 is 15.5 Å². The second-order valence-electron chi connectivity index (χ2n) is 6.35. The van der Waals surface area contributed by atoms with Gasteiger partial charge in [-0.1, -0.05) is 12.1 Å². The fourth-order valence-electron chi connectivity index (χ4n) is 3.00. The summed E-state index contributed by atoms with van der Waals surface area (Å²) in [5, 5.41) is 6.42. The number of hydrogen-bond donors (Lipinski definition) is 2. The van der Waals surface area contributed by atoms with Crippen molar-refractivity contribution in [2.75, 3.05) is 27.2 Å². The molecule has 1 saturated heterocycles. The van der Waals surface area contributed by atoms with Crippen molar-refractivity contribution in [3.8, 4) is 0 Å². The quantitative estimate of drug-likeness (QED) is 0.874. The number of amides is 1. The van der Waals surface area contributed by atoms with Gasteiger partial charge in [0, 0.05) is 18.5 Å². The highest BCUT2D eigenvalue weighted by molar-refractivity contribution is 5.78. The van der Waals surface area contributed by atoms with Gasteiger partial charge in [0.05, 0.1) is 6.04 Å². The summed E-state index contributed by atoms with van der Waals surface area (Å²) in [6, 6.07) is 6.91. The van der Waals surface area contributed by atoms with E-state index >= 15 is 0 Å². The molecular formula is C17H26FN3O. The molecule has 122 valence electrons. The maximum absolute atomic E-state index is 13.1. The molecule has 1 aromatic carbocycles. The normalized spacial score (nSPS) is 23.3. The summed E-state index contributed by atoms with van der Waals surface area (Å²) < 4.78 is 13.1. The zero-order valence-electron chi connectivity index (χ0n) is 13.6. The van der Waals surface area contributed by atoms with Crippen LogP contribution in [0.25, 0.3) is 0 Å². The maximum Gasteiger partial charge on any atom is 0.223 e. The Balaban J connectivity index is 1.94. The average molecular weight is 307 g/mol. The second kappa shape index (κ2) is 7.70. The Bertz CT molecular complexity index is 489. The van der Waals surface area contributed by atoms with Gasteiger partial charge in [-0.15, -0.1) is 0 Å². The molecule has 5 heteroatoms. The molecule has 2 N–H and O–H groups in total. The molecule has 4 nitrogen and oxygen atoms in total. The van der Waals surface area contributed by atoms with E-state index in [1.54, 1.807) is 12.1 Å². The van der Waals surface area contributed by atoms with Crippen LogP contribution in [-0.4, -0.2) is 44.0 Å². The summed E-state index contributed by atoms with van der Waals surface area (Å²) >= 11 is 0. The summed E-state index contributed by atoms with van der Waals surface area (Å²) in [7, 11) is 3.93. The number of benzene rings is 1. The SMILES string of the molecule is C[C@H]1C[C@@H](C(=O)NCC(c2ccc(F)cc2)N(C)C)CCN1. The van der Waals surface area contributed by atoms with Crippen LogP contribution in [0.15, 0.2) is 24.3 Å². The van der Waals surface area contributed by atoms with Gasteiger partial charge in [0.25, 0.3) is 0 Å². The third kappa shape index (κ3) is 4.52. The lowest BCUT2D eigenvalue weighted by molar-refractivity contribution is -0.126. The largest absolute Gasteiger partial charge is 0.354 e. The number of nitrogens with one attached hydrogen (secondary N) is 2. The van der Waals surface area contributed by atoms with Crippen LogP contribution >= 0.6 is 0 Å². The maximum atomic E-state index is 13.1. The summed E-state index contributed by atoms with van der Waals surface area (Å²) in [4.78, 5) is 14.4. The third-order valence-corrected chi connectivity index (χ3v) is 4.34. The Kier molecular flexibility index (Phi) is 5.91. The molecule has 0 aromatic heterocycles. The zero-order chi connectivity index (χ0) is 16.1. The van der Waals surface area contributed by atoms with Crippen molar-refractivity contribution in [2.24, 2.45) is 5.92 Å². The summed E-state index contributed by atoms with van der Waals surface area (Å²) in [6.45, 7) is 3.55. The van der Waals surface area contributed by atoms with Gasteiger partial charge in [-0.25, -0.2) is 4.39 Å². The first kappa shape index (κ1) is 16.9. The number of halogens is 1. The molecule has 1 unspecified atom stereocenters. The van der Waals surface area contributed by atoms with Gasteiger partial charge in [0.1, 0.15) is 5.82 Å². The Hall–Kier alpha value is -1.46. The van der Waals surface area contributed by atoms with Crippen molar-refractivity contribution in [3.05, 3.63) is 35.6 Å². The Morgan fingerprint density at radius 2 is 2.09 bits per heavy atom. The minimum Gasteiger partial charge on any atom is -0.354 e. The molecule has 0 radical (unpaired) electrons. The summed E-state index contributed by atoms with van der Waals surface area (Å²) in [6.07, 6.45) is 1.77. The minimum atomic E-state index is -0.242. The first-order chi connectivity index (χ1) is 10.5. The van der Waals surface area contributed by atoms with Crippen LogP contribution in [-0.2, 0) is 4.79 Å². The van der Waals surface area contributed by atoms with Crippen molar-refractivity contribution >= 4 is 5.91 Å². The van der Waals surface area contributed by atoms with E-state index < -0.39 is 0 Å². The lowest BCUT2D eigenvalue weighted by Crippen LogP contribution is -2.44. The Morgan fingerprint density at radius 1 is 1.41 bits per heavy atom. The highest BCUT2D eigenvalue weighted by Crippen LogP contribution is 2.19. The van der Waals surface area contributed by atoms with Crippen LogP contribution < -0.4 is 10.6 Å². The predicted molar refractivity (Wildman–Crippen MR) is 86.0 cm³/mol. The van der Waals surface area contributed by atoms with E-state index in [0.29, 0.717) is 12.6 Å². The van der Waals surface area contributed by atoms with E-state index in [9.17, 15) is 9.18 Å². The summed E-state index contributed by atoms with van der Waals surface area (Å²) in [5.74, 6) is -0.0245. The molecule has 1 heterocycles. The molecule has 1 aliphatic rings. The van der Waals surface area contributed by atoms with E-state index in [4.69, 9.17) is 0 Å². The standard InChI is InChI=1S/C17H26FN3O/c1-12-10-14(8-9-19-12)17(22)20-11-16(21(2)3)13-4-6-15(18)7-5-13/h4-7,12,14,16,19H,8-11H2,1-3H3,(H,20,22)/t12-,14-,16?/m0/s1. The molecule has 3 atom stereocenters. The molecule has 22 heavy (non-hydrogen) atoms. The van der Waals surface area contributed by atoms with Gasteiger partial charge in [-0.3, -0.25) is 4.79 Å². The molecule has 1 aliphatic heterocycles. The number of likely N-dealkylation sites (N-methyl/N-ethyl adjacent to an activating group) is 1. The van der Waals surface area contributed by atoms with Crippen molar-refractivity contribution in [2.45, 2.75) is 31.8 Å². The molecular weight excluding hydrogens is 281 g/mol. The van der Waals surface area contributed by atoms with E-state index in [0.717, 1.165) is 24.9 Å². The predicted octanol–water partition coefficient (Wildman–Crippen LogP) is 1.93. The van der Waals surface area contributed by atoms with Crippen molar-refractivity contribution in [1.29, 1.82) is 0 Å². The monoisotopic (exact) mass is 307 g/mol. The molecule has 1 fully saturated rings. The molecule has 2 rings (SSSR count). The Morgan fingerprint density at radius 3 is 2.68 bits per heavy atom. The second-order valence-corrected chi connectivity index (χ2v) is 6.35. The van der Waals surface area contributed by atoms with Crippen LogP contribution in [0.5, 0.6) is 0 Å². The number of carbonyl (C=O) groups excluding carboxylic acids is 1.